The van der Waals surface area contributed by atoms with E-state index in [2.05, 4.69) is 0 Å². The van der Waals surface area contributed by atoms with Crippen LogP contribution in [0.15, 0.2) is 0 Å². The summed E-state index contributed by atoms with van der Waals surface area (Å²) in [6.07, 6.45) is 2.96. The van der Waals surface area contributed by atoms with Crippen LogP contribution >= 0.6 is 12.4 Å². The number of rotatable bonds is 0. The first-order valence-corrected chi connectivity index (χ1v) is 3.36. The first-order chi connectivity index (χ1) is 4.30. The minimum absolute atomic E-state index is 0. The Balaban J connectivity index is 0.000000810. The molecule has 5 heteroatoms. The van der Waals surface area contributed by atoms with Gasteiger partial charge in [-0.25, -0.2) is 0 Å². The van der Waals surface area contributed by atoms with E-state index in [4.69, 9.17) is 15.4 Å². The molecule has 1 aliphatic heterocycles. The Morgan fingerprint density at radius 2 is 2.20 bits per heavy atom. The van der Waals surface area contributed by atoms with E-state index in [0.29, 0.717) is 6.61 Å². The summed E-state index contributed by atoms with van der Waals surface area (Å²) in [4.78, 5) is 0. The van der Waals surface area contributed by atoms with Gasteiger partial charge in [-0.05, 0) is 12.8 Å². The van der Waals surface area contributed by atoms with E-state index in [0.717, 1.165) is 19.3 Å². The second-order valence-corrected chi connectivity index (χ2v) is 2.42. The van der Waals surface area contributed by atoms with E-state index in [1.807, 2.05) is 0 Å². The highest BCUT2D eigenvalue weighted by atomic mass is 35.5. The summed E-state index contributed by atoms with van der Waals surface area (Å²) in [5.74, 6) is -0.174. The lowest BCUT2D eigenvalue weighted by molar-refractivity contribution is 0.259. The van der Waals surface area contributed by atoms with Crippen molar-refractivity contribution in [3.05, 3.63) is 0 Å². The van der Waals surface area contributed by atoms with Gasteiger partial charge in [0.1, 0.15) is 0 Å². The van der Waals surface area contributed by atoms with Crippen molar-refractivity contribution in [1.29, 1.82) is 0 Å². The molecular formula is C5H13BClNO2. The summed E-state index contributed by atoms with van der Waals surface area (Å²) in [6.45, 7) is 0.648. The van der Waals surface area contributed by atoms with Crippen molar-refractivity contribution in [2.24, 2.45) is 5.73 Å². The fraction of sp³-hybridized carbons (Fsp3) is 1.00. The number of halogens is 1. The van der Waals surface area contributed by atoms with Crippen LogP contribution in [0.5, 0.6) is 0 Å². The molecule has 1 aliphatic rings. The van der Waals surface area contributed by atoms with E-state index in [1.54, 1.807) is 0 Å². The van der Waals surface area contributed by atoms with Crippen molar-refractivity contribution < 1.29 is 9.68 Å². The van der Waals surface area contributed by atoms with Gasteiger partial charge in [0, 0.05) is 12.5 Å². The summed E-state index contributed by atoms with van der Waals surface area (Å²) < 4.78 is 4.95. The minimum Gasteiger partial charge on any atom is -0.426 e. The molecule has 0 spiro atoms. The molecule has 0 aromatic heterocycles. The summed E-state index contributed by atoms with van der Waals surface area (Å²) >= 11 is 0. The van der Waals surface area contributed by atoms with E-state index >= 15 is 0 Å². The van der Waals surface area contributed by atoms with Crippen LogP contribution in [-0.4, -0.2) is 24.7 Å². The Bertz CT molecular complexity index is 85.7. The third-order valence-electron chi connectivity index (χ3n) is 1.59. The predicted molar refractivity (Wildman–Crippen MR) is 43.0 cm³/mol. The molecule has 1 atom stereocenters. The molecule has 3 N–H and O–H groups in total. The summed E-state index contributed by atoms with van der Waals surface area (Å²) in [5, 5.41) is 9.01. The Kier molecular flexibility index (Phi) is 5.08. The highest BCUT2D eigenvalue weighted by Gasteiger charge is 2.24. The van der Waals surface area contributed by atoms with Crippen molar-refractivity contribution in [2.75, 3.05) is 6.61 Å². The summed E-state index contributed by atoms with van der Waals surface area (Å²) in [6, 6.07) is 0. The van der Waals surface area contributed by atoms with Crippen LogP contribution in [0, 0.1) is 0 Å². The smallest absolute Gasteiger partial charge is 0.426 e. The first-order valence-electron chi connectivity index (χ1n) is 3.36. The van der Waals surface area contributed by atoms with E-state index in [1.165, 1.54) is 0 Å². The lowest BCUT2D eigenvalue weighted by Crippen LogP contribution is -2.39. The van der Waals surface area contributed by atoms with Crippen molar-refractivity contribution in [1.82, 2.24) is 0 Å². The second kappa shape index (κ2) is 4.96. The number of hydrogen-bond acceptors (Lipinski definition) is 3. The summed E-state index contributed by atoms with van der Waals surface area (Å²) in [7, 11) is -0.729. The zero-order valence-electron chi connectivity index (χ0n) is 5.82. The Labute approximate surface area is 67.5 Å². The number of hydrogen-bond donors (Lipinski definition) is 2. The topological polar surface area (TPSA) is 55.5 Å². The minimum atomic E-state index is -0.729. The molecule has 1 saturated heterocycles. The van der Waals surface area contributed by atoms with Gasteiger partial charge in [0.05, 0.1) is 0 Å². The van der Waals surface area contributed by atoms with Gasteiger partial charge in [-0.2, -0.15) is 0 Å². The van der Waals surface area contributed by atoms with Crippen molar-refractivity contribution in [3.63, 3.8) is 0 Å². The van der Waals surface area contributed by atoms with Crippen LogP contribution in [0.25, 0.3) is 0 Å². The molecule has 1 fully saturated rings. The number of nitrogens with two attached hydrogens (primary N) is 1. The molecule has 0 radical (unpaired) electrons. The molecule has 1 unspecified atom stereocenters. The summed E-state index contributed by atoms with van der Waals surface area (Å²) in [5.41, 5.74) is 5.50. The quantitative estimate of drug-likeness (QED) is 0.495. The Morgan fingerprint density at radius 3 is 2.90 bits per heavy atom. The SMILES string of the molecule is Cl.NC1CCCCOB1O. The molecule has 0 bridgehead atoms. The molecule has 1 heterocycles. The maximum atomic E-state index is 9.01. The highest BCUT2D eigenvalue weighted by Crippen LogP contribution is 2.07. The van der Waals surface area contributed by atoms with Gasteiger partial charge < -0.3 is 15.4 Å². The monoisotopic (exact) mass is 165 g/mol. The molecule has 0 amide bonds. The van der Waals surface area contributed by atoms with Gasteiger partial charge >= 0.3 is 7.12 Å². The van der Waals surface area contributed by atoms with Gasteiger partial charge in [-0.3, -0.25) is 0 Å². The highest BCUT2D eigenvalue weighted by molar-refractivity contribution is 6.44. The van der Waals surface area contributed by atoms with Gasteiger partial charge in [-0.15, -0.1) is 12.4 Å². The van der Waals surface area contributed by atoms with Crippen molar-refractivity contribution >= 4 is 19.5 Å². The van der Waals surface area contributed by atoms with Crippen LogP contribution in [0.4, 0.5) is 0 Å². The van der Waals surface area contributed by atoms with Crippen LogP contribution in [0.1, 0.15) is 19.3 Å². The molecule has 0 aliphatic carbocycles. The molecule has 1 rings (SSSR count). The van der Waals surface area contributed by atoms with Crippen molar-refractivity contribution in [2.45, 2.75) is 25.2 Å². The van der Waals surface area contributed by atoms with Crippen LogP contribution < -0.4 is 5.73 Å². The molecule has 0 aromatic rings. The van der Waals surface area contributed by atoms with E-state index in [9.17, 15) is 0 Å². The zero-order valence-corrected chi connectivity index (χ0v) is 6.64. The van der Waals surface area contributed by atoms with E-state index < -0.39 is 7.12 Å². The molecule has 3 nitrogen and oxygen atoms in total. The maximum Gasteiger partial charge on any atom is 0.472 e. The lowest BCUT2D eigenvalue weighted by Gasteiger charge is -2.08. The molecular weight excluding hydrogens is 152 g/mol. The average Bonchev–Trinajstić information content (AvgIpc) is 1.99. The van der Waals surface area contributed by atoms with E-state index in [-0.39, 0.29) is 18.3 Å². The van der Waals surface area contributed by atoms with Gasteiger partial charge in [0.2, 0.25) is 0 Å². The Morgan fingerprint density at radius 1 is 1.50 bits per heavy atom. The van der Waals surface area contributed by atoms with Crippen LogP contribution in [0.2, 0.25) is 0 Å². The van der Waals surface area contributed by atoms with Gasteiger partial charge in [-0.1, -0.05) is 6.42 Å². The molecule has 60 valence electrons. The van der Waals surface area contributed by atoms with Crippen molar-refractivity contribution in [3.8, 4) is 0 Å². The fourth-order valence-electron chi connectivity index (χ4n) is 0.952. The molecule has 0 aromatic carbocycles. The molecule has 0 saturated carbocycles. The predicted octanol–water partition coefficient (Wildman–Crippen LogP) is -0.0443. The third-order valence-corrected chi connectivity index (χ3v) is 1.59. The fourth-order valence-corrected chi connectivity index (χ4v) is 0.952. The van der Waals surface area contributed by atoms with Gasteiger partial charge in [0.25, 0.3) is 0 Å². The van der Waals surface area contributed by atoms with Crippen LogP contribution in [0.3, 0.4) is 0 Å². The standard InChI is InChI=1S/C5H12BNO2.ClH/c7-5-3-1-2-4-9-6(5)8;/h5,8H,1-4,7H2;1H. The zero-order chi connectivity index (χ0) is 6.69. The maximum absolute atomic E-state index is 9.01. The third kappa shape index (κ3) is 2.88. The Hall–Kier alpha value is 0.235. The normalized spacial score (nSPS) is 27.0. The first kappa shape index (κ1) is 10.2. The molecule has 10 heavy (non-hydrogen) atoms. The largest absolute Gasteiger partial charge is 0.472 e. The van der Waals surface area contributed by atoms with Gasteiger partial charge in [0.15, 0.2) is 0 Å². The van der Waals surface area contributed by atoms with Crippen LogP contribution in [-0.2, 0) is 4.65 Å². The average molecular weight is 165 g/mol. The second-order valence-electron chi connectivity index (χ2n) is 2.42. The lowest BCUT2D eigenvalue weighted by atomic mass is 9.78.